The summed E-state index contributed by atoms with van der Waals surface area (Å²) >= 11 is 0. The Bertz CT molecular complexity index is 808. The molecule has 4 rings (SSSR count). The van der Waals surface area contributed by atoms with E-state index in [-0.39, 0.29) is 24.4 Å². The molecule has 0 unspecified atom stereocenters. The smallest absolute Gasteiger partial charge is 0.258 e. The molecule has 136 valence electrons. The number of hydrogen-bond donors (Lipinski definition) is 1. The van der Waals surface area contributed by atoms with Gasteiger partial charge < -0.3 is 19.5 Å². The topological polar surface area (TPSA) is 59.0 Å². The second-order valence-corrected chi connectivity index (χ2v) is 6.67. The zero-order valence-electron chi connectivity index (χ0n) is 14.2. The van der Waals surface area contributed by atoms with Gasteiger partial charge >= 0.3 is 0 Å². The van der Waals surface area contributed by atoms with Crippen LogP contribution < -0.4 is 4.74 Å². The molecule has 0 spiro atoms. The molecule has 0 saturated carbocycles. The van der Waals surface area contributed by atoms with Gasteiger partial charge in [0.05, 0.1) is 18.8 Å². The zero-order chi connectivity index (χ0) is 18.1. The van der Waals surface area contributed by atoms with Crippen LogP contribution in [-0.2, 0) is 17.8 Å². The van der Waals surface area contributed by atoms with Crippen molar-refractivity contribution in [2.24, 2.45) is 0 Å². The molecule has 1 N–H and O–H groups in total. The molecule has 1 saturated heterocycles. The Labute approximate surface area is 151 Å². The number of hydrogen-bond acceptors (Lipinski definition) is 4. The molecular weight excluding hydrogens is 337 g/mol. The highest BCUT2D eigenvalue weighted by molar-refractivity contribution is 6.01. The molecule has 0 aliphatic carbocycles. The molecule has 1 fully saturated rings. The first-order valence-electron chi connectivity index (χ1n) is 8.70. The number of carbonyl (C=O) groups excluding carboxylic acids is 1. The van der Waals surface area contributed by atoms with E-state index in [9.17, 15) is 14.3 Å². The van der Waals surface area contributed by atoms with E-state index in [0.29, 0.717) is 37.4 Å². The number of benzene rings is 2. The molecule has 26 heavy (non-hydrogen) atoms. The lowest BCUT2D eigenvalue weighted by Gasteiger charge is -2.28. The van der Waals surface area contributed by atoms with Crippen LogP contribution in [0, 0.1) is 5.82 Å². The summed E-state index contributed by atoms with van der Waals surface area (Å²) < 4.78 is 24.3. The summed E-state index contributed by atoms with van der Waals surface area (Å²) in [5, 5.41) is 10.0. The van der Waals surface area contributed by atoms with Gasteiger partial charge in [0.25, 0.3) is 5.91 Å². The lowest BCUT2D eigenvalue weighted by Crippen LogP contribution is -2.40. The molecule has 2 aromatic carbocycles. The number of aliphatic hydroxyl groups excluding tert-OH is 1. The van der Waals surface area contributed by atoms with Gasteiger partial charge in [-0.15, -0.1) is 0 Å². The molecule has 2 aromatic rings. The van der Waals surface area contributed by atoms with E-state index >= 15 is 0 Å². The minimum atomic E-state index is -0.702. The van der Waals surface area contributed by atoms with Crippen LogP contribution in [0.3, 0.4) is 0 Å². The minimum Gasteiger partial charge on any atom is -0.487 e. The van der Waals surface area contributed by atoms with Gasteiger partial charge in [0, 0.05) is 19.5 Å². The molecule has 1 amide bonds. The number of halogens is 1. The second-order valence-electron chi connectivity index (χ2n) is 6.67. The van der Waals surface area contributed by atoms with Gasteiger partial charge in [-0.3, -0.25) is 4.79 Å². The Hall–Kier alpha value is -2.44. The van der Waals surface area contributed by atoms with Crippen LogP contribution in [0.15, 0.2) is 42.5 Å². The fraction of sp³-hybridized carbons (Fsp3) is 0.350. The van der Waals surface area contributed by atoms with E-state index in [0.717, 1.165) is 11.1 Å². The highest BCUT2D eigenvalue weighted by Gasteiger charge is 2.33. The normalized spacial score (nSPS) is 22.4. The number of ether oxygens (including phenoxy) is 2. The summed E-state index contributed by atoms with van der Waals surface area (Å²) in [6, 6.07) is 11.7. The van der Waals surface area contributed by atoms with Crippen molar-refractivity contribution in [3.8, 4) is 5.75 Å². The molecule has 2 aliphatic heterocycles. The highest BCUT2D eigenvalue weighted by atomic mass is 19.1. The molecule has 0 aromatic heterocycles. The van der Waals surface area contributed by atoms with Crippen LogP contribution in [0.4, 0.5) is 4.39 Å². The van der Waals surface area contributed by atoms with E-state index in [2.05, 4.69) is 0 Å². The maximum Gasteiger partial charge on any atom is 0.258 e. The van der Waals surface area contributed by atoms with Gasteiger partial charge in [0.2, 0.25) is 0 Å². The average Bonchev–Trinajstić information content (AvgIpc) is 2.96. The van der Waals surface area contributed by atoms with Gasteiger partial charge in [-0.2, -0.15) is 0 Å². The van der Waals surface area contributed by atoms with Crippen molar-refractivity contribution in [2.75, 3.05) is 13.2 Å². The van der Waals surface area contributed by atoms with Crippen LogP contribution in [0.1, 0.15) is 27.9 Å². The second kappa shape index (κ2) is 7.05. The Morgan fingerprint density at radius 2 is 2.04 bits per heavy atom. The standard InChI is InChI=1S/C20H20FNO4/c21-15-6-4-13(5-7-15)10-22-11-14-2-1-3-18(19(14)20(22)24)26-17-8-9-25-12-16(17)23/h1-7,16-17,23H,8-12H2/t16-,17-/m0/s1. The molecule has 2 aliphatic rings. The van der Waals surface area contributed by atoms with Crippen LogP contribution in [0.2, 0.25) is 0 Å². The predicted molar refractivity (Wildman–Crippen MR) is 92.3 cm³/mol. The van der Waals surface area contributed by atoms with Crippen LogP contribution in [-0.4, -0.2) is 41.3 Å². The number of nitrogens with zero attached hydrogens (tertiary/aromatic N) is 1. The average molecular weight is 357 g/mol. The number of aliphatic hydroxyl groups is 1. The van der Waals surface area contributed by atoms with E-state index in [1.54, 1.807) is 23.1 Å². The molecule has 2 heterocycles. The molecule has 0 radical (unpaired) electrons. The van der Waals surface area contributed by atoms with Crippen molar-refractivity contribution in [1.82, 2.24) is 4.90 Å². The van der Waals surface area contributed by atoms with E-state index in [1.807, 2.05) is 12.1 Å². The van der Waals surface area contributed by atoms with Crippen molar-refractivity contribution >= 4 is 5.91 Å². The minimum absolute atomic E-state index is 0.110. The maximum atomic E-state index is 13.1. The van der Waals surface area contributed by atoms with Gasteiger partial charge in [-0.05, 0) is 29.3 Å². The van der Waals surface area contributed by atoms with Gasteiger partial charge in [-0.1, -0.05) is 24.3 Å². The van der Waals surface area contributed by atoms with Crippen molar-refractivity contribution in [2.45, 2.75) is 31.7 Å². The lowest BCUT2D eigenvalue weighted by molar-refractivity contribution is -0.0752. The van der Waals surface area contributed by atoms with Crippen molar-refractivity contribution in [3.05, 3.63) is 65.0 Å². The number of carbonyl (C=O) groups is 1. The van der Waals surface area contributed by atoms with Crippen LogP contribution in [0.25, 0.3) is 0 Å². The number of fused-ring (bicyclic) bond motifs is 1. The lowest BCUT2D eigenvalue weighted by atomic mass is 10.1. The number of rotatable bonds is 4. The largest absolute Gasteiger partial charge is 0.487 e. The van der Waals surface area contributed by atoms with Gasteiger partial charge in [0.1, 0.15) is 23.8 Å². The predicted octanol–water partition coefficient (Wildman–Crippen LogP) is 2.51. The zero-order valence-corrected chi connectivity index (χ0v) is 14.2. The molecule has 6 heteroatoms. The van der Waals surface area contributed by atoms with Crippen molar-refractivity contribution in [3.63, 3.8) is 0 Å². The third kappa shape index (κ3) is 3.30. The van der Waals surface area contributed by atoms with Gasteiger partial charge in [-0.25, -0.2) is 4.39 Å². The molecule has 0 bridgehead atoms. The van der Waals surface area contributed by atoms with Crippen LogP contribution >= 0.6 is 0 Å². The van der Waals surface area contributed by atoms with Crippen molar-refractivity contribution in [1.29, 1.82) is 0 Å². The summed E-state index contributed by atoms with van der Waals surface area (Å²) in [6.45, 7) is 1.66. The Kier molecular flexibility index (Phi) is 4.61. The van der Waals surface area contributed by atoms with E-state index < -0.39 is 6.10 Å². The molecule has 2 atom stereocenters. The van der Waals surface area contributed by atoms with E-state index in [1.165, 1.54) is 12.1 Å². The van der Waals surface area contributed by atoms with E-state index in [4.69, 9.17) is 9.47 Å². The number of amides is 1. The Morgan fingerprint density at radius 1 is 1.23 bits per heavy atom. The third-order valence-corrected chi connectivity index (χ3v) is 4.80. The first kappa shape index (κ1) is 17.0. The van der Waals surface area contributed by atoms with Gasteiger partial charge in [0.15, 0.2) is 0 Å². The van der Waals surface area contributed by atoms with Crippen molar-refractivity contribution < 1.29 is 23.8 Å². The SMILES string of the molecule is O=C1c2c(cccc2O[C@H]2CCOC[C@@H]2O)CN1Cc1ccc(F)cc1. The Morgan fingerprint density at radius 3 is 2.81 bits per heavy atom. The third-order valence-electron chi connectivity index (χ3n) is 4.80. The summed E-state index contributed by atoms with van der Waals surface area (Å²) in [6.07, 6.45) is -0.501. The first-order valence-corrected chi connectivity index (χ1v) is 8.70. The highest BCUT2D eigenvalue weighted by Crippen LogP contribution is 2.33. The summed E-state index contributed by atoms with van der Waals surface area (Å²) in [4.78, 5) is 14.6. The monoisotopic (exact) mass is 357 g/mol. The summed E-state index contributed by atoms with van der Waals surface area (Å²) in [5.41, 5.74) is 2.32. The van der Waals surface area contributed by atoms with Crippen LogP contribution in [0.5, 0.6) is 5.75 Å². The quantitative estimate of drug-likeness (QED) is 0.914. The maximum absolute atomic E-state index is 13.1. The first-order chi connectivity index (χ1) is 12.6. The fourth-order valence-electron chi connectivity index (χ4n) is 3.43. The molecular formula is C20H20FNO4. The Balaban J connectivity index is 1.53. The molecule has 5 nitrogen and oxygen atoms in total. The fourth-order valence-corrected chi connectivity index (χ4v) is 3.43. The summed E-state index contributed by atoms with van der Waals surface area (Å²) in [5.74, 6) is 0.0945. The summed E-state index contributed by atoms with van der Waals surface area (Å²) in [7, 11) is 0.